The van der Waals surface area contributed by atoms with Gasteiger partial charge in [-0.25, -0.2) is 4.98 Å². The summed E-state index contributed by atoms with van der Waals surface area (Å²) in [4.78, 5) is 32.1. The molecule has 1 aliphatic heterocycles. The topological polar surface area (TPSA) is 66.7 Å². The fourth-order valence-electron chi connectivity index (χ4n) is 3.05. The first-order valence-corrected chi connectivity index (χ1v) is 8.05. The Labute approximate surface area is 141 Å². The number of likely N-dealkylation sites (tertiary alicyclic amines) is 1. The number of oxazole rings is 1. The highest BCUT2D eigenvalue weighted by molar-refractivity contribution is 5.95. The van der Waals surface area contributed by atoms with Crippen molar-refractivity contribution in [3.8, 4) is 11.3 Å². The van der Waals surface area contributed by atoms with E-state index in [0.717, 1.165) is 18.4 Å². The summed E-state index contributed by atoms with van der Waals surface area (Å²) < 4.78 is 5.25. The van der Waals surface area contributed by atoms with Gasteiger partial charge in [-0.05, 0) is 25.0 Å². The highest BCUT2D eigenvalue weighted by Gasteiger charge is 2.29. The van der Waals surface area contributed by atoms with Gasteiger partial charge in [0.1, 0.15) is 0 Å². The number of hydrogen-bond donors (Lipinski definition) is 0. The lowest BCUT2D eigenvalue weighted by Gasteiger charge is -2.33. The average molecular weight is 327 g/mol. The summed E-state index contributed by atoms with van der Waals surface area (Å²) >= 11 is 0. The Morgan fingerprint density at radius 3 is 2.62 bits per heavy atom. The molecule has 2 aromatic rings. The van der Waals surface area contributed by atoms with Gasteiger partial charge in [-0.2, -0.15) is 0 Å². The van der Waals surface area contributed by atoms with Crippen molar-refractivity contribution in [2.45, 2.75) is 12.8 Å². The van der Waals surface area contributed by atoms with Crippen molar-refractivity contribution in [3.63, 3.8) is 0 Å². The van der Waals surface area contributed by atoms with E-state index in [1.54, 1.807) is 42.2 Å². The molecule has 1 aliphatic rings. The number of benzene rings is 1. The molecule has 6 nitrogen and oxygen atoms in total. The Hall–Kier alpha value is -2.63. The molecule has 126 valence electrons. The van der Waals surface area contributed by atoms with Gasteiger partial charge >= 0.3 is 0 Å². The Bertz CT molecular complexity index is 708. The molecule has 0 bridgehead atoms. The number of carbonyl (C=O) groups excluding carboxylic acids is 2. The number of piperidine rings is 1. The molecule has 1 aromatic heterocycles. The molecule has 0 spiro atoms. The molecule has 1 aromatic carbocycles. The number of aromatic nitrogens is 1. The molecule has 0 unspecified atom stereocenters. The number of rotatable bonds is 3. The second-order valence-electron chi connectivity index (χ2n) is 6.27. The van der Waals surface area contributed by atoms with Crippen LogP contribution in [0.15, 0.2) is 41.3 Å². The minimum absolute atomic E-state index is 0.0321. The average Bonchev–Trinajstić information content (AvgIpc) is 3.15. The van der Waals surface area contributed by atoms with Gasteiger partial charge in [0.2, 0.25) is 5.91 Å². The van der Waals surface area contributed by atoms with Crippen LogP contribution in [0.3, 0.4) is 0 Å². The van der Waals surface area contributed by atoms with Gasteiger partial charge in [0.15, 0.2) is 12.2 Å². The minimum atomic E-state index is -0.105. The van der Waals surface area contributed by atoms with Crippen LogP contribution in [-0.2, 0) is 4.79 Å². The maximum absolute atomic E-state index is 12.7. The van der Waals surface area contributed by atoms with E-state index in [-0.39, 0.29) is 17.7 Å². The first kappa shape index (κ1) is 16.2. The molecule has 1 fully saturated rings. The van der Waals surface area contributed by atoms with Gasteiger partial charge in [0.25, 0.3) is 5.91 Å². The third-order valence-electron chi connectivity index (χ3n) is 4.35. The Morgan fingerprint density at radius 1 is 1.25 bits per heavy atom. The zero-order chi connectivity index (χ0) is 17.1. The highest BCUT2D eigenvalue weighted by atomic mass is 16.3. The van der Waals surface area contributed by atoms with E-state index >= 15 is 0 Å². The van der Waals surface area contributed by atoms with Gasteiger partial charge in [0, 0.05) is 38.3 Å². The monoisotopic (exact) mass is 327 g/mol. The first-order valence-electron chi connectivity index (χ1n) is 8.05. The third-order valence-corrected chi connectivity index (χ3v) is 4.35. The van der Waals surface area contributed by atoms with E-state index in [4.69, 9.17) is 4.42 Å². The van der Waals surface area contributed by atoms with Crippen molar-refractivity contribution in [1.82, 2.24) is 14.8 Å². The summed E-state index contributed by atoms with van der Waals surface area (Å²) in [5.41, 5.74) is 1.50. The van der Waals surface area contributed by atoms with Crippen molar-refractivity contribution in [1.29, 1.82) is 0 Å². The van der Waals surface area contributed by atoms with Crippen LogP contribution in [0.1, 0.15) is 23.2 Å². The molecular weight excluding hydrogens is 306 g/mol. The van der Waals surface area contributed by atoms with E-state index < -0.39 is 0 Å². The lowest BCUT2D eigenvalue weighted by atomic mass is 9.96. The quantitative estimate of drug-likeness (QED) is 0.867. The van der Waals surface area contributed by atoms with Crippen molar-refractivity contribution < 1.29 is 14.0 Å². The van der Waals surface area contributed by atoms with Gasteiger partial charge in [-0.15, -0.1) is 0 Å². The second-order valence-corrected chi connectivity index (χ2v) is 6.27. The predicted molar refractivity (Wildman–Crippen MR) is 89.3 cm³/mol. The van der Waals surface area contributed by atoms with Gasteiger partial charge in [-0.1, -0.05) is 12.1 Å². The van der Waals surface area contributed by atoms with Crippen LogP contribution in [0.4, 0.5) is 0 Å². The summed E-state index contributed by atoms with van der Waals surface area (Å²) in [5, 5.41) is 0. The molecular formula is C18H21N3O3. The molecule has 0 saturated carbocycles. The third kappa shape index (κ3) is 3.32. The number of nitrogens with zero attached hydrogens (tertiary/aromatic N) is 3. The highest BCUT2D eigenvalue weighted by Crippen LogP contribution is 2.22. The van der Waals surface area contributed by atoms with E-state index in [0.29, 0.717) is 24.4 Å². The van der Waals surface area contributed by atoms with Crippen LogP contribution < -0.4 is 0 Å². The fourth-order valence-corrected chi connectivity index (χ4v) is 3.05. The largest absolute Gasteiger partial charge is 0.444 e. The summed E-state index contributed by atoms with van der Waals surface area (Å²) in [6.07, 6.45) is 4.71. The summed E-state index contributed by atoms with van der Waals surface area (Å²) in [5.74, 6) is 0.623. The molecule has 0 aliphatic carbocycles. The molecule has 2 amide bonds. The standard InChI is InChI=1S/C18H21N3O3/c1-20(2)17(22)15-4-3-9-21(11-15)18(23)14-7-5-13(6-8-14)16-10-19-12-24-16/h5-8,10,12,15H,3-4,9,11H2,1-2H3/t15-/m0/s1. The lowest BCUT2D eigenvalue weighted by Crippen LogP contribution is -2.45. The van der Waals surface area contributed by atoms with Crippen LogP contribution in [0.25, 0.3) is 11.3 Å². The summed E-state index contributed by atoms with van der Waals surface area (Å²) in [6, 6.07) is 7.27. The van der Waals surface area contributed by atoms with Crippen molar-refractivity contribution in [2.75, 3.05) is 27.2 Å². The minimum Gasteiger partial charge on any atom is -0.444 e. The van der Waals surface area contributed by atoms with Crippen LogP contribution in [0, 0.1) is 5.92 Å². The summed E-state index contributed by atoms with van der Waals surface area (Å²) in [7, 11) is 3.51. The zero-order valence-corrected chi connectivity index (χ0v) is 13.9. The van der Waals surface area contributed by atoms with Crippen LogP contribution in [0.5, 0.6) is 0 Å². The first-order chi connectivity index (χ1) is 11.6. The Morgan fingerprint density at radius 2 is 2.00 bits per heavy atom. The maximum Gasteiger partial charge on any atom is 0.253 e. The van der Waals surface area contributed by atoms with Crippen molar-refractivity contribution in [2.24, 2.45) is 5.92 Å². The molecule has 0 radical (unpaired) electrons. The van der Waals surface area contributed by atoms with Crippen LogP contribution >= 0.6 is 0 Å². The normalized spacial score (nSPS) is 17.6. The zero-order valence-electron chi connectivity index (χ0n) is 13.9. The molecule has 1 atom stereocenters. The molecule has 3 rings (SSSR count). The van der Waals surface area contributed by atoms with Gasteiger partial charge in [-0.3, -0.25) is 9.59 Å². The fraction of sp³-hybridized carbons (Fsp3) is 0.389. The van der Waals surface area contributed by atoms with E-state index in [9.17, 15) is 9.59 Å². The van der Waals surface area contributed by atoms with Gasteiger partial charge < -0.3 is 14.2 Å². The van der Waals surface area contributed by atoms with Crippen molar-refractivity contribution >= 4 is 11.8 Å². The van der Waals surface area contributed by atoms with Gasteiger partial charge in [0.05, 0.1) is 12.1 Å². The molecule has 6 heteroatoms. The van der Waals surface area contributed by atoms with Crippen LogP contribution in [0.2, 0.25) is 0 Å². The maximum atomic E-state index is 12.7. The number of amides is 2. The molecule has 0 N–H and O–H groups in total. The van der Waals surface area contributed by atoms with E-state index in [1.165, 1.54) is 6.39 Å². The molecule has 1 saturated heterocycles. The Balaban J connectivity index is 1.70. The summed E-state index contributed by atoms with van der Waals surface area (Å²) in [6.45, 7) is 1.18. The van der Waals surface area contributed by atoms with Crippen molar-refractivity contribution in [3.05, 3.63) is 42.4 Å². The lowest BCUT2D eigenvalue weighted by molar-refractivity contribution is -0.134. The van der Waals surface area contributed by atoms with E-state index in [1.807, 2.05) is 12.1 Å². The molecule has 24 heavy (non-hydrogen) atoms. The number of hydrogen-bond acceptors (Lipinski definition) is 4. The smallest absolute Gasteiger partial charge is 0.253 e. The second kappa shape index (κ2) is 6.86. The van der Waals surface area contributed by atoms with Crippen LogP contribution in [-0.4, -0.2) is 53.8 Å². The number of carbonyl (C=O) groups is 2. The molecule has 2 heterocycles. The van der Waals surface area contributed by atoms with E-state index in [2.05, 4.69) is 4.98 Å². The SMILES string of the molecule is CN(C)C(=O)[C@H]1CCCN(C(=O)c2ccc(-c3cnco3)cc2)C1. The Kier molecular flexibility index (Phi) is 4.64. The predicted octanol–water partition coefficient (Wildman–Crippen LogP) is 2.28.